The summed E-state index contributed by atoms with van der Waals surface area (Å²) in [6, 6.07) is 11.3. The maximum atomic E-state index is 12.6. The van der Waals surface area contributed by atoms with Crippen LogP contribution in [0.3, 0.4) is 0 Å². The highest BCUT2D eigenvalue weighted by atomic mass is 32.2. The Morgan fingerprint density at radius 3 is 2.26 bits per heavy atom. The van der Waals surface area contributed by atoms with Crippen molar-refractivity contribution in [1.29, 1.82) is 0 Å². The van der Waals surface area contributed by atoms with Gasteiger partial charge in [-0.05, 0) is 36.8 Å². The van der Waals surface area contributed by atoms with Crippen LogP contribution in [0.4, 0.5) is 8.78 Å². The Kier molecular flexibility index (Phi) is 6.90. The molecule has 1 unspecified atom stereocenters. The van der Waals surface area contributed by atoms with E-state index in [4.69, 9.17) is 0 Å². The smallest absolute Gasteiger partial charge is 0.387 e. The fourth-order valence-corrected chi connectivity index (χ4v) is 3.48. The van der Waals surface area contributed by atoms with Gasteiger partial charge in [-0.25, -0.2) is 8.42 Å². The van der Waals surface area contributed by atoms with E-state index in [1.165, 1.54) is 30.3 Å². The largest absolute Gasteiger partial charge is 0.434 e. The minimum absolute atomic E-state index is 0.00374. The molecular formula is C19H21F2NO4S. The minimum atomic E-state index is -3.35. The van der Waals surface area contributed by atoms with Crippen LogP contribution in [0.15, 0.2) is 53.4 Å². The highest BCUT2D eigenvalue weighted by molar-refractivity contribution is 7.91. The number of benzene rings is 2. The summed E-state index contributed by atoms with van der Waals surface area (Å²) in [5.41, 5.74) is 0.717. The Bertz CT molecular complexity index is 883. The van der Waals surface area contributed by atoms with Crippen molar-refractivity contribution in [1.82, 2.24) is 5.32 Å². The molecule has 1 amide bonds. The van der Waals surface area contributed by atoms with Crippen molar-refractivity contribution in [3.8, 4) is 5.75 Å². The molecule has 2 aromatic carbocycles. The third kappa shape index (κ3) is 5.26. The van der Waals surface area contributed by atoms with Gasteiger partial charge in [0, 0.05) is 11.1 Å². The van der Waals surface area contributed by atoms with Gasteiger partial charge in [0.1, 0.15) is 5.75 Å². The quantitative estimate of drug-likeness (QED) is 0.732. The third-order valence-electron chi connectivity index (χ3n) is 4.08. The number of carbonyl (C=O) groups is 1. The number of sulfone groups is 1. The lowest BCUT2D eigenvalue weighted by molar-refractivity contribution is -0.0506. The number of hydrogen-bond donors (Lipinski definition) is 1. The zero-order valence-corrected chi connectivity index (χ0v) is 15.8. The van der Waals surface area contributed by atoms with Crippen LogP contribution in [0.5, 0.6) is 5.75 Å². The van der Waals surface area contributed by atoms with Crippen molar-refractivity contribution in [2.45, 2.75) is 37.8 Å². The maximum Gasteiger partial charge on any atom is 0.387 e. The summed E-state index contributed by atoms with van der Waals surface area (Å²) in [6.07, 6.45) is 0.456. The summed E-state index contributed by atoms with van der Waals surface area (Å²) in [5.74, 6) is -0.463. The zero-order chi connectivity index (χ0) is 20.0. The van der Waals surface area contributed by atoms with Gasteiger partial charge in [-0.15, -0.1) is 0 Å². The molecule has 0 heterocycles. The van der Waals surface area contributed by atoms with Crippen LogP contribution in [0.1, 0.15) is 42.2 Å². The van der Waals surface area contributed by atoms with Gasteiger partial charge < -0.3 is 10.1 Å². The third-order valence-corrected chi connectivity index (χ3v) is 5.83. The van der Waals surface area contributed by atoms with Gasteiger partial charge in [-0.1, -0.05) is 32.0 Å². The fourth-order valence-electron chi connectivity index (χ4n) is 2.59. The summed E-state index contributed by atoms with van der Waals surface area (Å²) in [4.78, 5) is 12.6. The number of carbonyl (C=O) groups excluding carboxylic acids is 1. The van der Waals surface area contributed by atoms with Crippen LogP contribution < -0.4 is 10.1 Å². The van der Waals surface area contributed by atoms with Gasteiger partial charge in [0.05, 0.1) is 16.7 Å². The monoisotopic (exact) mass is 397 g/mol. The first-order valence-electron chi connectivity index (χ1n) is 8.46. The molecule has 0 aromatic heterocycles. The number of ether oxygens (including phenoxy) is 1. The number of alkyl halides is 2. The summed E-state index contributed by atoms with van der Waals surface area (Å²) >= 11 is 0. The van der Waals surface area contributed by atoms with Crippen LogP contribution in [0.25, 0.3) is 0 Å². The SMILES string of the molecule is CCC(NC(=O)c1ccc(S(=O)(=O)CC)cc1)c1ccccc1OC(F)F. The number of para-hydroxylation sites is 1. The number of hydrogen-bond acceptors (Lipinski definition) is 4. The molecule has 27 heavy (non-hydrogen) atoms. The van der Waals surface area contributed by atoms with E-state index in [1.54, 1.807) is 32.0 Å². The summed E-state index contributed by atoms with van der Waals surface area (Å²) in [7, 11) is -3.35. The van der Waals surface area contributed by atoms with Crippen LogP contribution in [0.2, 0.25) is 0 Å². The molecule has 0 aliphatic carbocycles. The molecule has 0 radical (unpaired) electrons. The van der Waals surface area contributed by atoms with E-state index in [2.05, 4.69) is 10.1 Å². The van der Waals surface area contributed by atoms with Gasteiger partial charge in [-0.2, -0.15) is 8.78 Å². The molecule has 0 bridgehead atoms. The Balaban J connectivity index is 2.21. The van der Waals surface area contributed by atoms with E-state index in [0.29, 0.717) is 12.0 Å². The predicted molar refractivity (Wildman–Crippen MR) is 97.7 cm³/mol. The van der Waals surface area contributed by atoms with Crippen molar-refractivity contribution in [2.75, 3.05) is 5.75 Å². The van der Waals surface area contributed by atoms with E-state index in [9.17, 15) is 22.0 Å². The summed E-state index contributed by atoms with van der Waals surface area (Å²) < 4.78 is 53.4. The Labute approximate surface area is 157 Å². The second kappa shape index (κ2) is 8.94. The molecule has 5 nitrogen and oxygen atoms in total. The first-order valence-corrected chi connectivity index (χ1v) is 10.1. The molecule has 2 rings (SSSR count). The van der Waals surface area contributed by atoms with E-state index in [0.717, 1.165) is 0 Å². The maximum absolute atomic E-state index is 12.6. The lowest BCUT2D eigenvalue weighted by Gasteiger charge is -2.20. The number of halogens is 2. The molecule has 0 saturated heterocycles. The Morgan fingerprint density at radius 1 is 1.07 bits per heavy atom. The standard InChI is InChI=1S/C19H21F2NO4S/c1-3-16(15-7-5-6-8-17(15)26-19(20)21)22-18(23)13-9-11-14(12-10-13)27(24,25)4-2/h5-12,16,19H,3-4H2,1-2H3,(H,22,23). The molecule has 0 aliphatic heterocycles. The van der Waals surface area contributed by atoms with Crippen molar-refractivity contribution >= 4 is 15.7 Å². The fraction of sp³-hybridized carbons (Fsp3) is 0.316. The van der Waals surface area contributed by atoms with Gasteiger partial charge in [0.15, 0.2) is 9.84 Å². The molecule has 1 atom stereocenters. The Hall–Kier alpha value is -2.48. The Morgan fingerprint density at radius 2 is 1.70 bits per heavy atom. The van der Waals surface area contributed by atoms with Crippen molar-refractivity contribution in [3.63, 3.8) is 0 Å². The zero-order valence-electron chi connectivity index (χ0n) is 15.0. The molecule has 2 aromatic rings. The highest BCUT2D eigenvalue weighted by Gasteiger charge is 2.20. The normalized spacial score (nSPS) is 12.6. The number of rotatable bonds is 8. The molecule has 0 saturated carbocycles. The van der Waals surface area contributed by atoms with E-state index >= 15 is 0 Å². The second-order valence-corrected chi connectivity index (χ2v) is 8.06. The topological polar surface area (TPSA) is 72.5 Å². The molecule has 1 N–H and O–H groups in total. The van der Waals surface area contributed by atoms with Crippen LogP contribution in [-0.4, -0.2) is 26.7 Å². The van der Waals surface area contributed by atoms with Gasteiger partial charge >= 0.3 is 6.61 Å². The lowest BCUT2D eigenvalue weighted by Crippen LogP contribution is -2.28. The lowest BCUT2D eigenvalue weighted by atomic mass is 10.0. The van der Waals surface area contributed by atoms with Crippen molar-refractivity contribution < 1.29 is 26.7 Å². The molecule has 146 valence electrons. The van der Waals surface area contributed by atoms with Crippen molar-refractivity contribution in [2.24, 2.45) is 0 Å². The number of amides is 1. The van der Waals surface area contributed by atoms with E-state index < -0.39 is 28.4 Å². The van der Waals surface area contributed by atoms with Crippen molar-refractivity contribution in [3.05, 3.63) is 59.7 Å². The van der Waals surface area contributed by atoms with Gasteiger partial charge in [-0.3, -0.25) is 4.79 Å². The average Bonchev–Trinajstić information content (AvgIpc) is 2.66. The highest BCUT2D eigenvalue weighted by Crippen LogP contribution is 2.28. The molecule has 0 aliphatic rings. The van der Waals surface area contributed by atoms with Gasteiger partial charge in [0.2, 0.25) is 0 Å². The minimum Gasteiger partial charge on any atom is -0.434 e. The van der Waals surface area contributed by atoms with Crippen LogP contribution in [0, 0.1) is 0 Å². The first-order chi connectivity index (χ1) is 12.8. The number of nitrogens with one attached hydrogen (secondary N) is 1. The summed E-state index contributed by atoms with van der Waals surface area (Å²) in [5, 5.41) is 2.77. The predicted octanol–water partition coefficient (Wildman–Crippen LogP) is 3.96. The van der Waals surface area contributed by atoms with E-state index in [-0.39, 0.29) is 22.0 Å². The van der Waals surface area contributed by atoms with Gasteiger partial charge in [0.25, 0.3) is 5.91 Å². The molecule has 0 spiro atoms. The van der Waals surface area contributed by atoms with Crippen LogP contribution >= 0.6 is 0 Å². The van der Waals surface area contributed by atoms with E-state index in [1.807, 2.05) is 0 Å². The van der Waals surface area contributed by atoms with Crippen LogP contribution in [-0.2, 0) is 9.84 Å². The first kappa shape index (κ1) is 20.8. The molecule has 0 fully saturated rings. The second-order valence-electron chi connectivity index (χ2n) is 5.78. The average molecular weight is 397 g/mol. The molecular weight excluding hydrogens is 376 g/mol. The molecule has 8 heteroatoms. The summed E-state index contributed by atoms with van der Waals surface area (Å²) in [6.45, 7) is 0.384.